The summed E-state index contributed by atoms with van der Waals surface area (Å²) in [6.45, 7) is 3.66. The highest BCUT2D eigenvalue weighted by atomic mass is 16.5. The van der Waals surface area contributed by atoms with Gasteiger partial charge in [0.1, 0.15) is 0 Å². The zero-order valence-corrected chi connectivity index (χ0v) is 24.3. The molecule has 1 aliphatic carbocycles. The van der Waals surface area contributed by atoms with Gasteiger partial charge in [0, 0.05) is 25.2 Å². The molecule has 1 aliphatic heterocycles. The van der Waals surface area contributed by atoms with Crippen molar-refractivity contribution in [3.05, 3.63) is 94.5 Å². The molecule has 42 heavy (non-hydrogen) atoms. The molecular formula is C34H38N4O4. The second-order valence-corrected chi connectivity index (χ2v) is 11.3. The quantitative estimate of drug-likeness (QED) is 0.345. The van der Waals surface area contributed by atoms with E-state index in [1.54, 1.807) is 26.4 Å². The lowest BCUT2D eigenvalue weighted by atomic mass is 9.80. The molecule has 0 radical (unpaired) electrons. The first-order valence-electron chi connectivity index (χ1n) is 14.5. The number of nitrogens with one attached hydrogen (secondary N) is 2. The van der Waals surface area contributed by atoms with Crippen LogP contribution < -0.4 is 20.1 Å². The molecule has 2 amide bonds. The molecule has 2 fully saturated rings. The number of nitriles is 1. The second kappa shape index (κ2) is 13.1. The number of amides is 2. The topological polar surface area (TPSA) is 104 Å². The van der Waals surface area contributed by atoms with Crippen LogP contribution in [-0.4, -0.2) is 44.0 Å². The summed E-state index contributed by atoms with van der Waals surface area (Å²) in [5.41, 5.74) is 4.11. The minimum Gasteiger partial charge on any atom is -0.493 e. The minimum atomic E-state index is -0.232. The molecule has 2 aliphatic rings. The van der Waals surface area contributed by atoms with Crippen LogP contribution in [0.3, 0.4) is 0 Å². The van der Waals surface area contributed by atoms with E-state index in [9.17, 15) is 9.59 Å². The summed E-state index contributed by atoms with van der Waals surface area (Å²) >= 11 is 0. The fourth-order valence-electron chi connectivity index (χ4n) is 5.95. The SMILES string of the molecule is COc1ccc(CNC(=O)c2ccc(CNC(=O)C3(C4CCN(Cc5ccc(C#N)cc5)CC4)CC3)cc2)cc1OC. The molecule has 0 unspecified atom stereocenters. The molecule has 1 saturated carbocycles. The van der Waals surface area contributed by atoms with Gasteiger partial charge in [-0.1, -0.05) is 30.3 Å². The third kappa shape index (κ3) is 6.75. The highest BCUT2D eigenvalue weighted by molar-refractivity contribution is 5.94. The van der Waals surface area contributed by atoms with E-state index >= 15 is 0 Å². The van der Waals surface area contributed by atoms with Gasteiger partial charge in [0.25, 0.3) is 5.91 Å². The number of carbonyl (C=O) groups excluding carboxylic acids is 2. The van der Waals surface area contributed by atoms with Crippen molar-refractivity contribution in [1.82, 2.24) is 15.5 Å². The second-order valence-electron chi connectivity index (χ2n) is 11.3. The van der Waals surface area contributed by atoms with E-state index in [4.69, 9.17) is 14.7 Å². The zero-order valence-electron chi connectivity index (χ0n) is 24.3. The van der Waals surface area contributed by atoms with Crippen molar-refractivity contribution in [2.24, 2.45) is 11.3 Å². The Labute approximate surface area is 247 Å². The largest absolute Gasteiger partial charge is 0.493 e. The molecule has 3 aromatic carbocycles. The van der Waals surface area contributed by atoms with Crippen molar-refractivity contribution in [3.63, 3.8) is 0 Å². The first-order valence-corrected chi connectivity index (χ1v) is 14.5. The van der Waals surface area contributed by atoms with Crippen LogP contribution in [0.4, 0.5) is 0 Å². The van der Waals surface area contributed by atoms with Crippen molar-refractivity contribution in [2.75, 3.05) is 27.3 Å². The average molecular weight is 567 g/mol. The van der Waals surface area contributed by atoms with Crippen molar-refractivity contribution in [3.8, 4) is 17.6 Å². The Bertz CT molecular complexity index is 1430. The van der Waals surface area contributed by atoms with Crippen molar-refractivity contribution in [1.29, 1.82) is 5.26 Å². The van der Waals surface area contributed by atoms with E-state index in [1.807, 2.05) is 54.6 Å². The molecule has 5 rings (SSSR count). The Hall–Kier alpha value is -4.35. The van der Waals surface area contributed by atoms with Crippen LogP contribution in [-0.2, 0) is 24.4 Å². The first kappa shape index (κ1) is 29.2. The van der Waals surface area contributed by atoms with E-state index < -0.39 is 0 Å². The first-order chi connectivity index (χ1) is 20.4. The van der Waals surface area contributed by atoms with Gasteiger partial charge in [-0.3, -0.25) is 14.5 Å². The monoisotopic (exact) mass is 566 g/mol. The van der Waals surface area contributed by atoms with E-state index in [-0.39, 0.29) is 17.2 Å². The van der Waals surface area contributed by atoms with Crippen LogP contribution in [0, 0.1) is 22.7 Å². The number of likely N-dealkylation sites (tertiary alicyclic amines) is 1. The lowest BCUT2D eigenvalue weighted by Crippen LogP contribution is -2.42. The van der Waals surface area contributed by atoms with E-state index in [1.165, 1.54) is 5.56 Å². The lowest BCUT2D eigenvalue weighted by Gasteiger charge is -2.36. The number of hydrogen-bond acceptors (Lipinski definition) is 6. The van der Waals surface area contributed by atoms with Crippen LogP contribution in [0.2, 0.25) is 0 Å². The van der Waals surface area contributed by atoms with Crippen molar-refractivity contribution < 1.29 is 19.1 Å². The van der Waals surface area contributed by atoms with Crippen LogP contribution in [0.1, 0.15) is 58.3 Å². The molecule has 8 heteroatoms. The third-order valence-electron chi connectivity index (χ3n) is 8.67. The molecule has 3 aromatic rings. The van der Waals surface area contributed by atoms with Gasteiger partial charge in [0.05, 0.1) is 31.3 Å². The fourth-order valence-corrected chi connectivity index (χ4v) is 5.95. The number of hydrogen-bond donors (Lipinski definition) is 2. The summed E-state index contributed by atoms with van der Waals surface area (Å²) in [6, 6.07) is 22.9. The Morgan fingerprint density at radius 2 is 1.48 bits per heavy atom. The van der Waals surface area contributed by atoms with Crippen LogP contribution in [0.5, 0.6) is 11.5 Å². The summed E-state index contributed by atoms with van der Waals surface area (Å²) < 4.78 is 10.6. The number of carbonyl (C=O) groups is 2. The summed E-state index contributed by atoms with van der Waals surface area (Å²) in [4.78, 5) is 28.4. The van der Waals surface area contributed by atoms with Gasteiger partial charge >= 0.3 is 0 Å². The number of piperidine rings is 1. The van der Waals surface area contributed by atoms with Gasteiger partial charge in [0.15, 0.2) is 11.5 Å². The molecule has 2 N–H and O–H groups in total. The maximum atomic E-state index is 13.3. The van der Waals surface area contributed by atoms with Crippen molar-refractivity contribution >= 4 is 11.8 Å². The molecule has 8 nitrogen and oxygen atoms in total. The predicted octanol–water partition coefficient (Wildman–Crippen LogP) is 4.81. The molecular weight excluding hydrogens is 528 g/mol. The summed E-state index contributed by atoms with van der Waals surface area (Å²) in [5.74, 6) is 1.66. The molecule has 1 saturated heterocycles. The van der Waals surface area contributed by atoms with Crippen LogP contribution in [0.15, 0.2) is 66.7 Å². The maximum absolute atomic E-state index is 13.3. The Morgan fingerprint density at radius 1 is 0.857 bits per heavy atom. The zero-order chi connectivity index (χ0) is 29.5. The van der Waals surface area contributed by atoms with Gasteiger partial charge in [-0.25, -0.2) is 0 Å². The standard InChI is InChI=1S/C34H38N4O4/c1-41-30-12-9-27(19-31(30)42-2)22-36-32(39)28-10-7-25(8-11-28)21-37-33(40)34(15-16-34)29-13-17-38(18-14-29)23-26-5-3-24(20-35)4-6-26/h3-12,19,29H,13-18,21-23H2,1-2H3,(H,36,39)(H,37,40). The minimum absolute atomic E-state index is 0.157. The molecule has 0 bridgehead atoms. The predicted molar refractivity (Wildman–Crippen MR) is 160 cm³/mol. The third-order valence-corrected chi connectivity index (χ3v) is 8.67. The van der Waals surface area contributed by atoms with E-state index in [2.05, 4.69) is 21.6 Å². The van der Waals surface area contributed by atoms with Gasteiger partial charge in [-0.15, -0.1) is 0 Å². The normalized spacial score (nSPS) is 16.2. The van der Waals surface area contributed by atoms with Gasteiger partial charge in [0.2, 0.25) is 5.91 Å². The highest BCUT2D eigenvalue weighted by Gasteiger charge is 2.55. The van der Waals surface area contributed by atoms with Crippen LogP contribution >= 0.6 is 0 Å². The highest BCUT2D eigenvalue weighted by Crippen LogP contribution is 2.55. The summed E-state index contributed by atoms with van der Waals surface area (Å²) in [7, 11) is 3.17. The van der Waals surface area contributed by atoms with Crippen molar-refractivity contribution in [2.45, 2.75) is 45.3 Å². The molecule has 218 valence electrons. The summed E-state index contributed by atoms with van der Waals surface area (Å²) in [6.07, 6.45) is 3.96. The van der Waals surface area contributed by atoms with Gasteiger partial charge in [-0.05, 0) is 97.8 Å². The number of ether oxygens (including phenoxy) is 2. The Balaban J connectivity index is 1.07. The maximum Gasteiger partial charge on any atom is 0.251 e. The smallest absolute Gasteiger partial charge is 0.251 e. The average Bonchev–Trinajstić information content (AvgIpc) is 3.85. The molecule has 0 spiro atoms. The molecule has 0 atom stereocenters. The Kier molecular flexibility index (Phi) is 9.09. The van der Waals surface area contributed by atoms with Gasteiger partial charge in [-0.2, -0.15) is 5.26 Å². The van der Waals surface area contributed by atoms with Gasteiger partial charge < -0.3 is 20.1 Å². The van der Waals surface area contributed by atoms with E-state index in [0.29, 0.717) is 41.6 Å². The number of methoxy groups -OCH3 is 2. The number of nitrogens with zero attached hydrogens (tertiary/aromatic N) is 2. The Morgan fingerprint density at radius 3 is 2.10 bits per heavy atom. The molecule has 1 heterocycles. The lowest BCUT2D eigenvalue weighted by molar-refractivity contribution is -0.129. The fraction of sp³-hybridized carbons (Fsp3) is 0.382. The number of rotatable bonds is 11. The summed E-state index contributed by atoms with van der Waals surface area (Å²) in [5, 5.41) is 15.1. The van der Waals surface area contributed by atoms with Crippen LogP contribution in [0.25, 0.3) is 0 Å². The number of benzene rings is 3. The molecule has 0 aromatic heterocycles. The van der Waals surface area contributed by atoms with E-state index in [0.717, 1.165) is 56.4 Å².